The van der Waals surface area contributed by atoms with Gasteiger partial charge in [0.2, 0.25) is 5.78 Å². The average Bonchev–Trinajstić information content (AvgIpc) is 2.74. The minimum absolute atomic E-state index is 0.0341. The molecule has 0 bridgehead atoms. The number of hydrogen-bond donors (Lipinski definition) is 0. The van der Waals surface area contributed by atoms with Gasteiger partial charge in [-0.15, -0.1) is 0 Å². The summed E-state index contributed by atoms with van der Waals surface area (Å²) < 4.78 is 6.74. The van der Waals surface area contributed by atoms with E-state index in [4.69, 9.17) is 4.74 Å². The molecule has 0 amide bonds. The summed E-state index contributed by atoms with van der Waals surface area (Å²) in [7, 11) is 0. The Morgan fingerprint density at radius 1 is 1.00 bits per heavy atom. The summed E-state index contributed by atoms with van der Waals surface area (Å²) in [6, 6.07) is 14.1. The highest BCUT2D eigenvalue weighted by Gasteiger charge is 2.24. The molecular formula is C24H26N2O4. The number of nitrogens with zero attached hydrogens (tertiary/aromatic N) is 2. The van der Waals surface area contributed by atoms with E-state index in [0.29, 0.717) is 22.9 Å². The second-order valence-corrected chi connectivity index (χ2v) is 7.74. The highest BCUT2D eigenvalue weighted by Crippen LogP contribution is 2.17. The molecule has 3 aromatic rings. The average molecular weight is 406 g/mol. The molecule has 0 fully saturated rings. The molecule has 0 unspecified atom stereocenters. The number of aromatic nitrogens is 2. The molecule has 156 valence electrons. The van der Waals surface area contributed by atoms with E-state index in [1.165, 1.54) is 4.68 Å². The van der Waals surface area contributed by atoms with Crippen LogP contribution >= 0.6 is 0 Å². The van der Waals surface area contributed by atoms with Crippen LogP contribution in [-0.4, -0.2) is 27.6 Å². The summed E-state index contributed by atoms with van der Waals surface area (Å²) in [4.78, 5) is 38.3. The van der Waals surface area contributed by atoms with Gasteiger partial charge in [-0.25, -0.2) is 9.48 Å². The SMILES string of the molecule is CCc1ccc(C(=O)[C@H](C)OC(=O)c2nn(CC(C)C)c(=O)c3ccccc23)cc1. The topological polar surface area (TPSA) is 78.3 Å². The van der Waals surface area contributed by atoms with Crippen LogP contribution in [0, 0.1) is 5.92 Å². The third kappa shape index (κ3) is 4.48. The van der Waals surface area contributed by atoms with E-state index in [0.717, 1.165) is 12.0 Å². The maximum Gasteiger partial charge on any atom is 0.360 e. The fraction of sp³-hybridized carbons (Fsp3) is 0.333. The molecule has 0 aliphatic heterocycles. The van der Waals surface area contributed by atoms with Crippen LogP contribution in [0.25, 0.3) is 10.8 Å². The molecule has 0 N–H and O–H groups in total. The van der Waals surface area contributed by atoms with Crippen LogP contribution in [0.1, 0.15) is 54.1 Å². The minimum atomic E-state index is -0.976. The molecule has 6 nitrogen and oxygen atoms in total. The van der Waals surface area contributed by atoms with Gasteiger partial charge >= 0.3 is 5.97 Å². The number of ether oxygens (including phenoxy) is 1. The molecule has 0 radical (unpaired) electrons. The normalized spacial score (nSPS) is 12.2. The van der Waals surface area contributed by atoms with E-state index >= 15 is 0 Å². The zero-order chi connectivity index (χ0) is 21.8. The van der Waals surface area contributed by atoms with Crippen molar-refractivity contribution in [1.29, 1.82) is 0 Å². The van der Waals surface area contributed by atoms with Crippen LogP contribution in [0.2, 0.25) is 0 Å². The maximum absolute atomic E-state index is 12.9. The van der Waals surface area contributed by atoms with Gasteiger partial charge in [-0.1, -0.05) is 63.2 Å². The van der Waals surface area contributed by atoms with Crippen LogP contribution in [-0.2, 0) is 17.7 Å². The molecule has 30 heavy (non-hydrogen) atoms. The minimum Gasteiger partial charge on any atom is -0.449 e. The number of benzene rings is 2. The van der Waals surface area contributed by atoms with E-state index < -0.39 is 12.1 Å². The predicted molar refractivity (Wildman–Crippen MR) is 116 cm³/mol. The Morgan fingerprint density at radius 3 is 2.23 bits per heavy atom. The molecule has 0 saturated heterocycles. The van der Waals surface area contributed by atoms with Crippen LogP contribution < -0.4 is 5.56 Å². The summed E-state index contributed by atoms with van der Waals surface area (Å²) in [5, 5.41) is 5.08. The molecule has 6 heteroatoms. The van der Waals surface area contributed by atoms with Crippen LogP contribution in [0.15, 0.2) is 53.3 Å². The van der Waals surface area contributed by atoms with Gasteiger partial charge in [0.05, 0.1) is 5.39 Å². The Labute approximate surface area is 175 Å². The Kier molecular flexibility index (Phi) is 6.45. The number of aryl methyl sites for hydroxylation is 1. The van der Waals surface area contributed by atoms with Gasteiger partial charge in [0, 0.05) is 17.5 Å². The van der Waals surface area contributed by atoms with Crippen molar-refractivity contribution in [2.75, 3.05) is 0 Å². The first kappa shape index (κ1) is 21.4. The fourth-order valence-corrected chi connectivity index (χ4v) is 3.26. The number of ketones is 1. The molecule has 3 rings (SSSR count). The van der Waals surface area contributed by atoms with Gasteiger partial charge < -0.3 is 4.74 Å². The summed E-state index contributed by atoms with van der Waals surface area (Å²) in [5.74, 6) is -0.840. The van der Waals surface area contributed by atoms with Gasteiger partial charge in [-0.3, -0.25) is 9.59 Å². The molecule has 0 aliphatic rings. The highest BCUT2D eigenvalue weighted by atomic mass is 16.5. The number of hydrogen-bond acceptors (Lipinski definition) is 5. The van der Waals surface area contributed by atoms with E-state index in [9.17, 15) is 14.4 Å². The fourth-order valence-electron chi connectivity index (χ4n) is 3.26. The van der Waals surface area contributed by atoms with Crippen molar-refractivity contribution in [3.05, 3.63) is 75.7 Å². The maximum atomic E-state index is 12.9. The molecule has 1 atom stereocenters. The zero-order valence-corrected chi connectivity index (χ0v) is 17.7. The van der Waals surface area contributed by atoms with Gasteiger partial charge in [0.15, 0.2) is 11.8 Å². The third-order valence-electron chi connectivity index (χ3n) is 4.90. The molecule has 0 saturated carbocycles. The summed E-state index contributed by atoms with van der Waals surface area (Å²) in [5.41, 5.74) is 1.39. The quantitative estimate of drug-likeness (QED) is 0.437. The van der Waals surface area contributed by atoms with E-state index in [-0.39, 0.29) is 23.0 Å². The third-order valence-corrected chi connectivity index (χ3v) is 4.90. The Morgan fingerprint density at radius 2 is 1.63 bits per heavy atom. The lowest BCUT2D eigenvalue weighted by Gasteiger charge is -2.15. The number of fused-ring (bicyclic) bond motifs is 1. The Hall–Kier alpha value is -3.28. The highest BCUT2D eigenvalue weighted by molar-refractivity contribution is 6.05. The predicted octanol–water partition coefficient (Wildman–Crippen LogP) is 4.04. The van der Waals surface area contributed by atoms with Crippen molar-refractivity contribution in [2.45, 2.75) is 46.8 Å². The smallest absolute Gasteiger partial charge is 0.360 e. The summed E-state index contributed by atoms with van der Waals surface area (Å²) in [6.45, 7) is 7.89. The number of Topliss-reactive ketones (excluding diaryl/α,β-unsaturated/α-hetero) is 1. The van der Waals surface area contributed by atoms with Gasteiger partial charge in [-0.05, 0) is 30.9 Å². The number of rotatable bonds is 7. The number of carbonyl (C=O) groups is 2. The zero-order valence-electron chi connectivity index (χ0n) is 17.7. The van der Waals surface area contributed by atoms with Crippen LogP contribution in [0.5, 0.6) is 0 Å². The van der Waals surface area contributed by atoms with Crippen LogP contribution in [0.3, 0.4) is 0 Å². The first-order valence-electron chi connectivity index (χ1n) is 10.2. The first-order valence-corrected chi connectivity index (χ1v) is 10.2. The lowest BCUT2D eigenvalue weighted by Crippen LogP contribution is -2.30. The van der Waals surface area contributed by atoms with Gasteiger partial charge in [-0.2, -0.15) is 5.10 Å². The van der Waals surface area contributed by atoms with E-state index in [2.05, 4.69) is 5.10 Å². The molecule has 0 aliphatic carbocycles. The lowest BCUT2D eigenvalue weighted by atomic mass is 10.0. The van der Waals surface area contributed by atoms with E-state index in [1.807, 2.05) is 32.9 Å². The van der Waals surface area contributed by atoms with Crippen molar-refractivity contribution >= 4 is 22.5 Å². The van der Waals surface area contributed by atoms with E-state index in [1.54, 1.807) is 43.3 Å². The molecule has 1 heterocycles. The van der Waals surface area contributed by atoms with Crippen molar-refractivity contribution in [2.24, 2.45) is 5.92 Å². The summed E-state index contributed by atoms with van der Waals surface area (Å²) in [6.07, 6.45) is -0.0971. The largest absolute Gasteiger partial charge is 0.449 e. The molecular weight excluding hydrogens is 380 g/mol. The van der Waals surface area contributed by atoms with Crippen LogP contribution in [0.4, 0.5) is 0 Å². The van der Waals surface area contributed by atoms with Gasteiger partial charge in [0.1, 0.15) is 0 Å². The second kappa shape index (κ2) is 9.03. The molecule has 1 aromatic heterocycles. The lowest BCUT2D eigenvalue weighted by molar-refractivity contribution is 0.0312. The van der Waals surface area contributed by atoms with Gasteiger partial charge in [0.25, 0.3) is 5.56 Å². The standard InChI is InChI=1S/C24H26N2O4/c1-5-17-10-12-18(13-11-17)22(27)16(4)30-24(29)21-19-8-6-7-9-20(19)23(28)26(25-21)14-15(2)3/h6-13,15-16H,5,14H2,1-4H3/t16-/m0/s1. The van der Waals surface area contributed by atoms with Crippen molar-refractivity contribution < 1.29 is 14.3 Å². The van der Waals surface area contributed by atoms with Crippen molar-refractivity contribution in [3.63, 3.8) is 0 Å². The molecule has 0 spiro atoms. The number of carbonyl (C=O) groups excluding carboxylic acids is 2. The first-order chi connectivity index (χ1) is 14.3. The monoisotopic (exact) mass is 406 g/mol. The number of esters is 1. The Bertz CT molecular complexity index is 1130. The molecule has 2 aromatic carbocycles. The second-order valence-electron chi connectivity index (χ2n) is 7.74. The van der Waals surface area contributed by atoms with Crippen molar-refractivity contribution in [1.82, 2.24) is 9.78 Å². The van der Waals surface area contributed by atoms with Crippen molar-refractivity contribution in [3.8, 4) is 0 Å². The summed E-state index contributed by atoms with van der Waals surface area (Å²) >= 11 is 0. The Balaban J connectivity index is 1.91.